The van der Waals surface area contributed by atoms with E-state index in [4.69, 9.17) is 14.2 Å². The lowest BCUT2D eigenvalue weighted by Gasteiger charge is -2.36. The second kappa shape index (κ2) is 9.58. The summed E-state index contributed by atoms with van der Waals surface area (Å²) in [5.41, 5.74) is 1.83. The van der Waals surface area contributed by atoms with Crippen LogP contribution in [0.5, 0.6) is 17.2 Å². The smallest absolute Gasteiger partial charge is 0.241 e. The van der Waals surface area contributed by atoms with Crippen LogP contribution in [0.1, 0.15) is 18.1 Å². The quantitative estimate of drug-likeness (QED) is 0.652. The lowest BCUT2D eigenvalue weighted by molar-refractivity contribution is -0.134. The molecule has 0 aliphatic carbocycles. The summed E-state index contributed by atoms with van der Waals surface area (Å²) in [4.78, 5) is 17.0. The Kier molecular flexibility index (Phi) is 6.78. The summed E-state index contributed by atoms with van der Waals surface area (Å²) in [7, 11) is -2.30. The Morgan fingerprint density at radius 2 is 1.82 bits per heavy atom. The number of hydrogen-bond donors (Lipinski definition) is 1. The van der Waals surface area contributed by atoms with Crippen molar-refractivity contribution in [2.75, 3.05) is 40.1 Å². The third-order valence-corrected chi connectivity index (χ3v) is 7.44. The lowest BCUT2D eigenvalue weighted by Crippen LogP contribution is -2.53. The molecule has 0 saturated carbocycles. The molecule has 0 spiro atoms. The van der Waals surface area contributed by atoms with Gasteiger partial charge in [-0.2, -0.15) is 4.72 Å². The first kappa shape index (κ1) is 23.3. The van der Waals surface area contributed by atoms with Crippen LogP contribution in [-0.4, -0.2) is 70.2 Å². The Balaban J connectivity index is 1.31. The van der Waals surface area contributed by atoms with Crippen molar-refractivity contribution in [3.63, 3.8) is 0 Å². The predicted octanol–water partition coefficient (Wildman–Crippen LogP) is 1.74. The van der Waals surface area contributed by atoms with Crippen LogP contribution in [0, 0.1) is 6.92 Å². The number of aryl methyl sites for hydroxylation is 1. The number of nitrogens with zero attached hydrogens (tertiary/aromatic N) is 2. The highest BCUT2D eigenvalue weighted by Crippen LogP contribution is 2.32. The SMILES string of the molecule is COc1ccc(S(=O)(=O)N[C@@H](C)C(=O)N2CCN(Cc3ccc4c(c3)OCO4)CC2)cc1C. The van der Waals surface area contributed by atoms with E-state index in [1.54, 1.807) is 24.8 Å². The van der Waals surface area contributed by atoms with Crippen molar-refractivity contribution in [3.05, 3.63) is 47.5 Å². The monoisotopic (exact) mass is 475 g/mol. The van der Waals surface area contributed by atoms with Gasteiger partial charge in [0, 0.05) is 32.7 Å². The molecule has 2 aliphatic rings. The van der Waals surface area contributed by atoms with E-state index < -0.39 is 16.1 Å². The molecular formula is C23H29N3O6S. The number of nitrogens with one attached hydrogen (secondary N) is 1. The Labute approximate surface area is 194 Å². The number of methoxy groups -OCH3 is 1. The Bertz CT molecular complexity index is 1130. The maximum absolute atomic E-state index is 12.9. The average molecular weight is 476 g/mol. The Morgan fingerprint density at radius 1 is 1.09 bits per heavy atom. The minimum atomic E-state index is -3.83. The van der Waals surface area contributed by atoms with Crippen LogP contribution in [0.2, 0.25) is 0 Å². The minimum absolute atomic E-state index is 0.106. The molecule has 1 atom stereocenters. The van der Waals surface area contributed by atoms with Crippen LogP contribution in [0.25, 0.3) is 0 Å². The van der Waals surface area contributed by atoms with Crippen molar-refractivity contribution < 1.29 is 27.4 Å². The first-order chi connectivity index (χ1) is 15.8. The van der Waals surface area contributed by atoms with E-state index in [1.165, 1.54) is 19.2 Å². The number of carbonyl (C=O) groups excluding carboxylic acids is 1. The molecule has 1 fully saturated rings. The Hall–Kier alpha value is -2.82. The highest BCUT2D eigenvalue weighted by Gasteiger charge is 2.28. The van der Waals surface area contributed by atoms with E-state index in [0.717, 1.165) is 23.6 Å². The number of hydrogen-bond acceptors (Lipinski definition) is 7. The molecule has 0 bridgehead atoms. The molecule has 9 nitrogen and oxygen atoms in total. The topological polar surface area (TPSA) is 97.4 Å². The summed E-state index contributed by atoms with van der Waals surface area (Å²) in [6.07, 6.45) is 0. The molecule has 2 heterocycles. The summed E-state index contributed by atoms with van der Waals surface area (Å²) >= 11 is 0. The molecule has 2 aliphatic heterocycles. The molecule has 10 heteroatoms. The van der Waals surface area contributed by atoms with Crippen molar-refractivity contribution in [2.45, 2.75) is 31.3 Å². The molecule has 0 aromatic heterocycles. The number of benzene rings is 2. The second-order valence-electron chi connectivity index (χ2n) is 8.26. The van der Waals surface area contributed by atoms with Gasteiger partial charge >= 0.3 is 0 Å². The van der Waals surface area contributed by atoms with Crippen LogP contribution >= 0.6 is 0 Å². The van der Waals surface area contributed by atoms with Gasteiger partial charge < -0.3 is 19.1 Å². The molecule has 1 N–H and O–H groups in total. The van der Waals surface area contributed by atoms with Crippen molar-refractivity contribution in [2.24, 2.45) is 0 Å². The zero-order valence-corrected chi connectivity index (χ0v) is 19.9. The van der Waals surface area contributed by atoms with E-state index >= 15 is 0 Å². The van der Waals surface area contributed by atoms with Gasteiger partial charge in [0.15, 0.2) is 11.5 Å². The molecule has 1 saturated heterocycles. The number of fused-ring (bicyclic) bond motifs is 1. The average Bonchev–Trinajstić information content (AvgIpc) is 3.26. The molecule has 2 aromatic carbocycles. The standard InChI is InChI=1S/C23H29N3O6S/c1-16-12-19(5-7-20(16)30-3)33(28,29)24-17(2)23(27)26-10-8-25(9-11-26)14-18-4-6-21-22(13-18)32-15-31-21/h4-7,12-13,17,24H,8-11,14-15H2,1-3H3/t17-/m0/s1. The van der Waals surface area contributed by atoms with E-state index in [1.807, 2.05) is 18.2 Å². The van der Waals surface area contributed by atoms with Crippen LogP contribution in [0.15, 0.2) is 41.3 Å². The normalized spacial score (nSPS) is 17.1. The van der Waals surface area contributed by atoms with E-state index in [-0.39, 0.29) is 17.6 Å². The summed E-state index contributed by atoms with van der Waals surface area (Å²) in [6.45, 7) is 6.84. The first-order valence-electron chi connectivity index (χ1n) is 10.8. The third kappa shape index (κ3) is 5.23. The van der Waals surface area contributed by atoms with Gasteiger partial charge in [-0.05, 0) is 55.3 Å². The van der Waals surface area contributed by atoms with Crippen LogP contribution in [0.4, 0.5) is 0 Å². The van der Waals surface area contributed by atoms with Crippen molar-refractivity contribution in [3.8, 4) is 17.2 Å². The van der Waals surface area contributed by atoms with E-state index in [9.17, 15) is 13.2 Å². The molecular weight excluding hydrogens is 446 g/mol. The maximum Gasteiger partial charge on any atom is 0.241 e. The lowest BCUT2D eigenvalue weighted by atomic mass is 10.1. The van der Waals surface area contributed by atoms with Gasteiger partial charge in [0.05, 0.1) is 18.0 Å². The number of rotatable bonds is 7. The van der Waals surface area contributed by atoms with E-state index in [2.05, 4.69) is 9.62 Å². The molecule has 1 amide bonds. The van der Waals surface area contributed by atoms with Crippen LogP contribution in [0.3, 0.4) is 0 Å². The van der Waals surface area contributed by atoms with Crippen LogP contribution < -0.4 is 18.9 Å². The maximum atomic E-state index is 12.9. The van der Waals surface area contributed by atoms with Gasteiger partial charge in [0.1, 0.15) is 5.75 Å². The number of carbonyl (C=O) groups is 1. The third-order valence-electron chi connectivity index (χ3n) is 5.91. The molecule has 178 valence electrons. The zero-order chi connectivity index (χ0) is 23.6. The van der Waals surface area contributed by atoms with Crippen molar-refractivity contribution >= 4 is 15.9 Å². The predicted molar refractivity (Wildman–Crippen MR) is 122 cm³/mol. The number of sulfonamides is 1. The Morgan fingerprint density at radius 3 is 2.52 bits per heavy atom. The summed E-state index contributed by atoms with van der Waals surface area (Å²) in [5, 5.41) is 0. The fraction of sp³-hybridized carbons (Fsp3) is 0.435. The van der Waals surface area contributed by atoms with Gasteiger partial charge in [-0.25, -0.2) is 8.42 Å². The largest absolute Gasteiger partial charge is 0.496 e. The number of amides is 1. The molecule has 0 unspecified atom stereocenters. The van der Waals surface area contributed by atoms with Gasteiger partial charge in [-0.3, -0.25) is 9.69 Å². The molecule has 0 radical (unpaired) electrons. The highest BCUT2D eigenvalue weighted by atomic mass is 32.2. The molecule has 33 heavy (non-hydrogen) atoms. The zero-order valence-electron chi connectivity index (χ0n) is 19.0. The van der Waals surface area contributed by atoms with E-state index in [0.29, 0.717) is 37.5 Å². The fourth-order valence-corrected chi connectivity index (χ4v) is 5.35. The van der Waals surface area contributed by atoms with Gasteiger partial charge in [0.25, 0.3) is 0 Å². The second-order valence-corrected chi connectivity index (χ2v) is 9.98. The summed E-state index contributed by atoms with van der Waals surface area (Å²) < 4.78 is 44.0. The summed E-state index contributed by atoms with van der Waals surface area (Å²) in [5.74, 6) is 1.90. The minimum Gasteiger partial charge on any atom is -0.496 e. The van der Waals surface area contributed by atoms with Gasteiger partial charge in [-0.15, -0.1) is 0 Å². The van der Waals surface area contributed by atoms with Crippen LogP contribution in [-0.2, 0) is 21.4 Å². The van der Waals surface area contributed by atoms with Crippen molar-refractivity contribution in [1.29, 1.82) is 0 Å². The number of piperazine rings is 1. The highest BCUT2D eigenvalue weighted by molar-refractivity contribution is 7.89. The van der Waals surface area contributed by atoms with Crippen molar-refractivity contribution in [1.82, 2.24) is 14.5 Å². The molecule has 4 rings (SSSR count). The fourth-order valence-electron chi connectivity index (χ4n) is 4.07. The molecule has 2 aromatic rings. The summed E-state index contributed by atoms with van der Waals surface area (Å²) in [6, 6.07) is 9.66. The van der Waals surface area contributed by atoms with Gasteiger partial charge in [-0.1, -0.05) is 6.07 Å². The first-order valence-corrected chi connectivity index (χ1v) is 12.3. The number of ether oxygens (including phenoxy) is 3. The van der Waals surface area contributed by atoms with Gasteiger partial charge in [0.2, 0.25) is 22.7 Å².